The highest BCUT2D eigenvalue weighted by atomic mass is 32.2. The molecule has 1 aromatic heterocycles. The number of nitrogens with one attached hydrogen (secondary N) is 2. The van der Waals surface area contributed by atoms with Gasteiger partial charge in [0.25, 0.3) is 5.91 Å². The molecular formula is C26H32N4O2S. The van der Waals surface area contributed by atoms with Crippen molar-refractivity contribution in [1.82, 2.24) is 20.2 Å². The maximum absolute atomic E-state index is 12.9. The summed E-state index contributed by atoms with van der Waals surface area (Å²) in [6.45, 7) is 3.90. The average Bonchev–Trinajstić information content (AvgIpc) is 3.17. The van der Waals surface area contributed by atoms with Gasteiger partial charge in [0.1, 0.15) is 5.82 Å². The van der Waals surface area contributed by atoms with Crippen LogP contribution in [0.1, 0.15) is 48.3 Å². The van der Waals surface area contributed by atoms with Crippen LogP contribution in [0.2, 0.25) is 0 Å². The van der Waals surface area contributed by atoms with Crippen LogP contribution in [0.15, 0.2) is 53.4 Å². The summed E-state index contributed by atoms with van der Waals surface area (Å²) in [5.74, 6) is 1.77. The van der Waals surface area contributed by atoms with Crippen molar-refractivity contribution in [1.29, 1.82) is 0 Å². The Hall–Kier alpha value is -2.80. The highest BCUT2D eigenvalue weighted by Crippen LogP contribution is 2.24. The van der Waals surface area contributed by atoms with Gasteiger partial charge in [-0.25, -0.2) is 4.98 Å². The first-order chi connectivity index (χ1) is 16.1. The molecule has 0 atom stereocenters. The third-order valence-electron chi connectivity index (χ3n) is 6.27. The number of aromatic nitrogens is 2. The molecule has 6 nitrogen and oxygen atoms in total. The Morgan fingerprint density at radius 3 is 2.64 bits per heavy atom. The van der Waals surface area contributed by atoms with Gasteiger partial charge < -0.3 is 15.2 Å². The summed E-state index contributed by atoms with van der Waals surface area (Å²) < 4.78 is 2.12. The normalized spacial score (nSPS) is 14.3. The minimum atomic E-state index is -0.122. The maximum atomic E-state index is 12.9. The number of benzene rings is 2. The van der Waals surface area contributed by atoms with Gasteiger partial charge in [0.15, 0.2) is 0 Å². The Bertz CT molecular complexity index is 1100. The Morgan fingerprint density at radius 2 is 1.79 bits per heavy atom. The number of hydrogen-bond donors (Lipinski definition) is 2. The van der Waals surface area contributed by atoms with Gasteiger partial charge in [-0.05, 0) is 49.9 Å². The molecule has 0 unspecified atom stereocenters. The summed E-state index contributed by atoms with van der Waals surface area (Å²) in [6.07, 6.45) is 6.29. The van der Waals surface area contributed by atoms with E-state index >= 15 is 0 Å². The van der Waals surface area contributed by atoms with Gasteiger partial charge in [-0.3, -0.25) is 9.59 Å². The smallest absolute Gasteiger partial charge is 0.252 e. The van der Waals surface area contributed by atoms with Gasteiger partial charge in [0, 0.05) is 24.5 Å². The van der Waals surface area contributed by atoms with Gasteiger partial charge in [-0.15, -0.1) is 11.8 Å². The fourth-order valence-corrected chi connectivity index (χ4v) is 5.36. The summed E-state index contributed by atoms with van der Waals surface area (Å²) in [5, 5.41) is 6.10. The van der Waals surface area contributed by atoms with Gasteiger partial charge in [-0.1, -0.05) is 43.5 Å². The molecular weight excluding hydrogens is 432 g/mol. The molecule has 0 spiro atoms. The van der Waals surface area contributed by atoms with Crippen molar-refractivity contribution in [3.8, 4) is 0 Å². The van der Waals surface area contributed by atoms with Crippen molar-refractivity contribution in [3.05, 3.63) is 59.9 Å². The number of amides is 2. The number of fused-ring (bicyclic) bond motifs is 1. The largest absolute Gasteiger partial charge is 0.355 e. The summed E-state index contributed by atoms with van der Waals surface area (Å²) in [5.41, 5.74) is 2.64. The summed E-state index contributed by atoms with van der Waals surface area (Å²) in [4.78, 5) is 30.6. The van der Waals surface area contributed by atoms with Gasteiger partial charge >= 0.3 is 0 Å². The minimum Gasteiger partial charge on any atom is -0.355 e. The number of aryl methyl sites for hydroxylation is 1. The van der Waals surface area contributed by atoms with E-state index in [9.17, 15) is 9.59 Å². The van der Waals surface area contributed by atoms with Crippen LogP contribution < -0.4 is 10.6 Å². The lowest BCUT2D eigenvalue weighted by Crippen LogP contribution is -2.31. The molecule has 4 rings (SSSR count). The molecule has 1 aliphatic carbocycles. The fraction of sp³-hybridized carbons (Fsp3) is 0.423. The van der Waals surface area contributed by atoms with Gasteiger partial charge in [-0.2, -0.15) is 0 Å². The number of para-hydroxylation sites is 2. The van der Waals surface area contributed by atoms with Crippen molar-refractivity contribution in [2.75, 3.05) is 18.8 Å². The zero-order valence-corrected chi connectivity index (χ0v) is 20.0. The molecule has 2 amide bonds. The zero-order chi connectivity index (χ0) is 23.0. The van der Waals surface area contributed by atoms with E-state index in [1.54, 1.807) is 0 Å². The number of carbonyl (C=O) groups excluding carboxylic acids is 2. The van der Waals surface area contributed by atoms with Crippen LogP contribution in [0.25, 0.3) is 11.0 Å². The van der Waals surface area contributed by atoms with E-state index in [-0.39, 0.29) is 11.8 Å². The lowest BCUT2D eigenvalue weighted by molar-refractivity contribution is -0.118. The Kier molecular flexibility index (Phi) is 8.05. The summed E-state index contributed by atoms with van der Waals surface area (Å²) in [7, 11) is 0. The van der Waals surface area contributed by atoms with Crippen LogP contribution >= 0.6 is 11.8 Å². The number of imidazole rings is 1. The van der Waals surface area contributed by atoms with Crippen LogP contribution in [0.5, 0.6) is 0 Å². The Morgan fingerprint density at radius 1 is 1.03 bits per heavy atom. The van der Waals surface area contributed by atoms with Crippen molar-refractivity contribution in [2.45, 2.75) is 50.5 Å². The average molecular weight is 465 g/mol. The van der Waals surface area contributed by atoms with Crippen LogP contribution in [0.4, 0.5) is 0 Å². The number of carbonyl (C=O) groups is 2. The van der Waals surface area contributed by atoms with E-state index in [1.165, 1.54) is 43.9 Å². The monoisotopic (exact) mass is 464 g/mol. The van der Waals surface area contributed by atoms with E-state index in [2.05, 4.69) is 20.2 Å². The molecule has 1 heterocycles. The number of nitrogens with zero attached hydrogens (tertiary/aromatic N) is 2. The maximum Gasteiger partial charge on any atom is 0.252 e. The molecule has 0 bridgehead atoms. The first-order valence-corrected chi connectivity index (χ1v) is 12.8. The van der Waals surface area contributed by atoms with E-state index in [1.807, 2.05) is 55.5 Å². The lowest BCUT2D eigenvalue weighted by atomic mass is 9.89. The van der Waals surface area contributed by atoms with Crippen LogP contribution in [0, 0.1) is 12.8 Å². The second-order valence-corrected chi connectivity index (χ2v) is 9.67. The standard InChI is InChI=1S/C26H32N4O2S/c1-19-29-22-12-6-7-13-23(22)30(19)16-15-27-26(32)21-11-5-8-14-24(21)33-18-25(31)28-17-20-9-3-2-4-10-20/h5-8,11-14,20H,2-4,9-10,15-18H2,1H3,(H,27,32)(H,28,31). The van der Waals surface area contributed by atoms with Crippen LogP contribution in [-0.4, -0.2) is 40.2 Å². The van der Waals surface area contributed by atoms with Crippen LogP contribution in [-0.2, 0) is 11.3 Å². The van der Waals surface area contributed by atoms with Crippen molar-refractivity contribution in [2.24, 2.45) is 5.92 Å². The quantitative estimate of drug-likeness (QED) is 0.455. The highest BCUT2D eigenvalue weighted by molar-refractivity contribution is 8.00. The molecule has 33 heavy (non-hydrogen) atoms. The number of hydrogen-bond acceptors (Lipinski definition) is 4. The molecule has 0 aliphatic heterocycles. The van der Waals surface area contributed by atoms with Crippen molar-refractivity contribution in [3.63, 3.8) is 0 Å². The van der Waals surface area contributed by atoms with E-state index in [4.69, 9.17) is 0 Å². The van der Waals surface area contributed by atoms with E-state index < -0.39 is 0 Å². The summed E-state index contributed by atoms with van der Waals surface area (Å²) in [6, 6.07) is 15.5. The van der Waals surface area contributed by atoms with Gasteiger partial charge in [0.05, 0.1) is 22.3 Å². The van der Waals surface area contributed by atoms with E-state index in [0.29, 0.717) is 30.3 Å². The Labute approximate surface area is 199 Å². The third-order valence-corrected chi connectivity index (χ3v) is 7.34. The predicted molar refractivity (Wildman–Crippen MR) is 134 cm³/mol. The fourth-order valence-electron chi connectivity index (χ4n) is 4.48. The topological polar surface area (TPSA) is 76.0 Å². The molecule has 1 saturated carbocycles. The minimum absolute atomic E-state index is 0.0308. The molecule has 7 heteroatoms. The van der Waals surface area contributed by atoms with Crippen LogP contribution in [0.3, 0.4) is 0 Å². The molecule has 1 aliphatic rings. The SMILES string of the molecule is Cc1nc2ccccc2n1CCNC(=O)c1ccccc1SCC(=O)NCC1CCCCC1. The third kappa shape index (κ3) is 6.16. The molecule has 2 N–H and O–H groups in total. The molecule has 174 valence electrons. The van der Waals surface area contributed by atoms with Crippen molar-refractivity contribution >= 4 is 34.6 Å². The number of thioether (sulfide) groups is 1. The molecule has 2 aromatic carbocycles. The van der Waals surface area contributed by atoms with E-state index in [0.717, 1.165) is 28.3 Å². The predicted octanol–water partition coefficient (Wildman–Crippen LogP) is 4.56. The van der Waals surface area contributed by atoms with Gasteiger partial charge in [0.2, 0.25) is 5.91 Å². The first-order valence-electron chi connectivity index (χ1n) is 11.8. The second-order valence-electron chi connectivity index (χ2n) is 8.65. The zero-order valence-electron chi connectivity index (χ0n) is 19.2. The number of rotatable bonds is 9. The molecule has 3 aromatic rings. The highest BCUT2D eigenvalue weighted by Gasteiger charge is 2.16. The molecule has 0 radical (unpaired) electrons. The first kappa shape index (κ1) is 23.4. The van der Waals surface area contributed by atoms with Crippen molar-refractivity contribution < 1.29 is 9.59 Å². The second kappa shape index (κ2) is 11.4. The Balaban J connectivity index is 1.28. The molecule has 1 fully saturated rings. The lowest BCUT2D eigenvalue weighted by Gasteiger charge is -2.21. The summed E-state index contributed by atoms with van der Waals surface area (Å²) >= 11 is 1.42. The molecule has 0 saturated heterocycles.